The lowest BCUT2D eigenvalue weighted by molar-refractivity contribution is 0.497. The predicted octanol–water partition coefficient (Wildman–Crippen LogP) is 2.12. The Labute approximate surface area is 119 Å². The molecule has 106 valence electrons. The second-order valence-electron chi connectivity index (χ2n) is 4.90. The number of nitrogens with zero attached hydrogens (tertiary/aromatic N) is 1. The molecular formula is C13H20N2O2S2. The third-order valence-corrected chi connectivity index (χ3v) is 6.46. The largest absolute Gasteiger partial charge is 0.309 e. The molecule has 0 atom stereocenters. The predicted molar refractivity (Wildman–Crippen MR) is 78.9 cm³/mol. The highest BCUT2D eigenvalue weighted by atomic mass is 32.2. The molecule has 1 saturated carbocycles. The number of rotatable bonds is 7. The Bertz CT molecular complexity index is 559. The third-order valence-electron chi connectivity index (χ3n) is 3.17. The van der Waals surface area contributed by atoms with E-state index in [4.69, 9.17) is 0 Å². The fraction of sp³-hybridized carbons (Fsp3) is 0.538. The lowest BCUT2D eigenvalue weighted by Gasteiger charge is -2.16. The Hall–Kier alpha value is -0.690. The second-order valence-corrected chi connectivity index (χ2v) is 7.85. The van der Waals surface area contributed by atoms with Gasteiger partial charge in [-0.3, -0.25) is 0 Å². The normalized spacial score (nSPS) is 15.9. The van der Waals surface area contributed by atoms with Crippen LogP contribution in [0.2, 0.25) is 0 Å². The van der Waals surface area contributed by atoms with E-state index in [2.05, 4.69) is 11.9 Å². The number of hydrogen-bond donors (Lipinski definition) is 1. The fourth-order valence-electron chi connectivity index (χ4n) is 1.92. The summed E-state index contributed by atoms with van der Waals surface area (Å²) in [6.07, 6.45) is 3.99. The average molecular weight is 300 g/mol. The van der Waals surface area contributed by atoms with Gasteiger partial charge >= 0.3 is 0 Å². The fourth-order valence-corrected chi connectivity index (χ4v) is 4.76. The van der Waals surface area contributed by atoms with Crippen LogP contribution in [0.4, 0.5) is 0 Å². The first-order valence-corrected chi connectivity index (χ1v) is 8.66. The molecule has 1 aliphatic rings. The first-order chi connectivity index (χ1) is 8.96. The van der Waals surface area contributed by atoms with E-state index >= 15 is 0 Å². The van der Waals surface area contributed by atoms with Crippen LogP contribution in [0.25, 0.3) is 0 Å². The molecule has 0 saturated heterocycles. The molecule has 1 aliphatic carbocycles. The maximum atomic E-state index is 12.5. The van der Waals surface area contributed by atoms with E-state index in [0.717, 1.165) is 10.4 Å². The third kappa shape index (κ3) is 3.25. The van der Waals surface area contributed by atoms with Gasteiger partial charge < -0.3 is 5.32 Å². The van der Waals surface area contributed by atoms with Gasteiger partial charge in [-0.2, -0.15) is 4.31 Å². The smallest absolute Gasteiger partial charge is 0.244 e. The molecule has 0 unspecified atom stereocenters. The Morgan fingerprint density at radius 1 is 1.58 bits per heavy atom. The molecule has 1 N–H and O–H groups in total. The van der Waals surface area contributed by atoms with Gasteiger partial charge in [0.25, 0.3) is 0 Å². The maximum Gasteiger partial charge on any atom is 0.244 e. The number of thiophene rings is 1. The van der Waals surface area contributed by atoms with Gasteiger partial charge in [-0.15, -0.1) is 17.9 Å². The minimum absolute atomic E-state index is 0.327. The van der Waals surface area contributed by atoms with Crippen LogP contribution < -0.4 is 5.32 Å². The molecular weight excluding hydrogens is 280 g/mol. The van der Waals surface area contributed by atoms with Gasteiger partial charge in [0.15, 0.2) is 0 Å². The first-order valence-electron chi connectivity index (χ1n) is 6.34. The van der Waals surface area contributed by atoms with Crippen molar-refractivity contribution in [3.05, 3.63) is 28.5 Å². The van der Waals surface area contributed by atoms with Crippen LogP contribution in [-0.4, -0.2) is 32.4 Å². The highest BCUT2D eigenvalue weighted by molar-refractivity contribution is 7.89. The monoisotopic (exact) mass is 300 g/mol. The molecule has 4 nitrogen and oxygen atoms in total. The molecule has 19 heavy (non-hydrogen) atoms. The molecule has 0 aliphatic heterocycles. The molecule has 1 heterocycles. The summed E-state index contributed by atoms with van der Waals surface area (Å²) in [5.41, 5.74) is 0.827. The minimum atomic E-state index is -3.41. The van der Waals surface area contributed by atoms with Crippen molar-refractivity contribution >= 4 is 21.4 Å². The zero-order valence-electron chi connectivity index (χ0n) is 11.3. The lowest BCUT2D eigenvalue weighted by Crippen LogP contribution is -2.28. The van der Waals surface area contributed by atoms with Crippen molar-refractivity contribution < 1.29 is 8.42 Å². The maximum absolute atomic E-state index is 12.5. The number of aryl methyl sites for hydroxylation is 1. The van der Waals surface area contributed by atoms with Gasteiger partial charge in [-0.25, -0.2) is 8.42 Å². The molecule has 0 aromatic carbocycles. The van der Waals surface area contributed by atoms with Crippen LogP contribution in [0.1, 0.15) is 23.3 Å². The van der Waals surface area contributed by atoms with Crippen LogP contribution in [0.3, 0.4) is 0 Å². The Morgan fingerprint density at radius 3 is 2.84 bits per heavy atom. The highest BCUT2D eigenvalue weighted by Gasteiger charge is 2.28. The van der Waals surface area contributed by atoms with E-state index in [0.29, 0.717) is 24.0 Å². The van der Waals surface area contributed by atoms with Crippen LogP contribution in [0.15, 0.2) is 22.9 Å². The van der Waals surface area contributed by atoms with Crippen molar-refractivity contribution in [1.29, 1.82) is 0 Å². The van der Waals surface area contributed by atoms with E-state index in [9.17, 15) is 8.42 Å². The van der Waals surface area contributed by atoms with Crippen molar-refractivity contribution in [1.82, 2.24) is 9.62 Å². The first kappa shape index (κ1) is 14.7. The van der Waals surface area contributed by atoms with Crippen molar-refractivity contribution in [3.63, 3.8) is 0 Å². The summed E-state index contributed by atoms with van der Waals surface area (Å²) in [4.78, 5) is 1.37. The van der Waals surface area contributed by atoms with Crippen molar-refractivity contribution in [2.24, 2.45) is 0 Å². The summed E-state index contributed by atoms with van der Waals surface area (Å²) in [5, 5.41) is 5.29. The summed E-state index contributed by atoms with van der Waals surface area (Å²) in [6.45, 7) is 6.41. The quantitative estimate of drug-likeness (QED) is 0.785. The molecule has 1 aromatic rings. The van der Waals surface area contributed by atoms with E-state index < -0.39 is 10.0 Å². The highest BCUT2D eigenvalue weighted by Crippen LogP contribution is 2.30. The lowest BCUT2D eigenvalue weighted by atomic mass is 10.3. The number of nitrogens with one attached hydrogen (secondary N) is 1. The van der Waals surface area contributed by atoms with Crippen LogP contribution in [-0.2, 0) is 16.6 Å². The van der Waals surface area contributed by atoms with Crippen LogP contribution in [0, 0.1) is 6.92 Å². The summed E-state index contributed by atoms with van der Waals surface area (Å²) in [5.74, 6) is 0. The van der Waals surface area contributed by atoms with Crippen LogP contribution in [0.5, 0.6) is 0 Å². The molecule has 1 fully saturated rings. The summed E-state index contributed by atoms with van der Waals surface area (Å²) in [7, 11) is -1.82. The molecule has 1 aromatic heterocycles. The SMILES string of the molecule is C=CCN(C)S(=O)(=O)c1c(C)csc1CNC1CC1. The molecule has 0 amide bonds. The van der Waals surface area contributed by atoms with E-state index in [1.165, 1.54) is 28.5 Å². The van der Waals surface area contributed by atoms with Gasteiger partial charge in [0.1, 0.15) is 4.90 Å². The molecule has 6 heteroatoms. The standard InChI is InChI=1S/C13H20N2O2S2/c1-4-7-15(3)19(16,17)13-10(2)9-18-12(13)8-14-11-5-6-11/h4,9,11,14H,1,5-8H2,2-3H3. The number of likely N-dealkylation sites (N-methyl/N-ethyl adjacent to an activating group) is 1. The Morgan fingerprint density at radius 2 is 2.26 bits per heavy atom. The van der Waals surface area contributed by atoms with Gasteiger partial charge in [-0.1, -0.05) is 6.08 Å². The van der Waals surface area contributed by atoms with Gasteiger partial charge in [0.05, 0.1) is 0 Å². The minimum Gasteiger partial charge on any atom is -0.309 e. The van der Waals surface area contributed by atoms with E-state index in [1.54, 1.807) is 13.1 Å². The molecule has 0 radical (unpaired) electrons. The van der Waals surface area contributed by atoms with Gasteiger partial charge in [0, 0.05) is 31.1 Å². The van der Waals surface area contributed by atoms with Gasteiger partial charge in [-0.05, 0) is 30.7 Å². The Balaban J connectivity index is 2.25. The summed E-state index contributed by atoms with van der Waals surface area (Å²) in [6, 6.07) is 0.573. The number of sulfonamides is 1. The second kappa shape index (κ2) is 5.75. The number of hydrogen-bond acceptors (Lipinski definition) is 4. The van der Waals surface area contributed by atoms with Gasteiger partial charge in [0.2, 0.25) is 10.0 Å². The average Bonchev–Trinajstić information content (AvgIpc) is 3.10. The Kier molecular flexibility index (Phi) is 4.45. The summed E-state index contributed by atoms with van der Waals surface area (Å²) >= 11 is 1.51. The molecule has 0 bridgehead atoms. The van der Waals surface area contributed by atoms with E-state index in [-0.39, 0.29) is 0 Å². The zero-order valence-corrected chi connectivity index (χ0v) is 13.0. The van der Waals surface area contributed by atoms with Crippen molar-refractivity contribution in [3.8, 4) is 0 Å². The van der Waals surface area contributed by atoms with Crippen LogP contribution >= 0.6 is 11.3 Å². The summed E-state index contributed by atoms with van der Waals surface area (Å²) < 4.78 is 26.4. The zero-order chi connectivity index (χ0) is 14.0. The molecule has 0 spiro atoms. The van der Waals surface area contributed by atoms with Crippen molar-refractivity contribution in [2.75, 3.05) is 13.6 Å². The molecule has 2 rings (SSSR count). The van der Waals surface area contributed by atoms with Crippen molar-refractivity contribution in [2.45, 2.75) is 37.2 Å². The topological polar surface area (TPSA) is 49.4 Å². The van der Waals surface area contributed by atoms with E-state index in [1.807, 2.05) is 12.3 Å².